The van der Waals surface area contributed by atoms with E-state index in [1.165, 1.54) is 11.8 Å². The minimum absolute atomic E-state index is 0.0967. The minimum atomic E-state index is -3.20. The van der Waals surface area contributed by atoms with Crippen LogP contribution in [-0.4, -0.2) is 52.0 Å². The molecule has 1 aromatic rings. The molecule has 0 radical (unpaired) electrons. The number of benzene rings is 1. The fraction of sp³-hybridized carbons (Fsp3) is 0.500. The highest BCUT2D eigenvalue weighted by Gasteiger charge is 2.10. The van der Waals surface area contributed by atoms with Crippen molar-refractivity contribution in [2.75, 3.05) is 44.4 Å². The number of rotatable bonds is 8. The van der Waals surface area contributed by atoms with Gasteiger partial charge in [0.25, 0.3) is 0 Å². The Morgan fingerprint density at radius 2 is 2.00 bits per heavy atom. The molecule has 0 bridgehead atoms. The molecule has 7 heteroatoms. The van der Waals surface area contributed by atoms with Crippen molar-refractivity contribution in [3.8, 4) is 0 Å². The molecule has 0 aliphatic heterocycles. The molecule has 0 spiro atoms. The summed E-state index contributed by atoms with van der Waals surface area (Å²) in [4.78, 5) is 2.85. The van der Waals surface area contributed by atoms with Crippen LogP contribution in [0.3, 0.4) is 0 Å². The topological polar surface area (TPSA) is 75.4 Å². The molecule has 3 N–H and O–H groups in total. The highest BCUT2D eigenvalue weighted by atomic mass is 32.2. The highest BCUT2D eigenvalue weighted by molar-refractivity contribution is 8.00. The largest absolute Gasteiger partial charge is 0.398 e. The van der Waals surface area contributed by atoms with E-state index < -0.39 is 10.0 Å². The maximum Gasteiger partial charge on any atom is 0.212 e. The van der Waals surface area contributed by atoms with E-state index in [4.69, 9.17) is 5.73 Å². The molecular formula is C12H21N3O2S2. The van der Waals surface area contributed by atoms with Gasteiger partial charge in [0, 0.05) is 29.4 Å². The van der Waals surface area contributed by atoms with Crippen molar-refractivity contribution in [2.24, 2.45) is 0 Å². The number of para-hydroxylation sites is 1. The molecule has 19 heavy (non-hydrogen) atoms. The Labute approximate surface area is 119 Å². The van der Waals surface area contributed by atoms with Crippen LogP contribution in [0, 0.1) is 0 Å². The zero-order chi connectivity index (χ0) is 14.3. The van der Waals surface area contributed by atoms with Gasteiger partial charge in [0.15, 0.2) is 0 Å². The second-order valence-electron chi connectivity index (χ2n) is 4.40. The molecule has 0 atom stereocenters. The Bertz CT molecular complexity index is 490. The molecule has 5 nitrogen and oxygen atoms in total. The normalized spacial score (nSPS) is 11.9. The Kier molecular flexibility index (Phi) is 6.64. The Morgan fingerprint density at radius 3 is 2.63 bits per heavy atom. The zero-order valence-corrected chi connectivity index (χ0v) is 12.9. The van der Waals surface area contributed by atoms with Crippen LogP contribution in [0.15, 0.2) is 29.2 Å². The summed E-state index contributed by atoms with van der Waals surface area (Å²) in [7, 11) is 0.612. The zero-order valence-electron chi connectivity index (χ0n) is 11.3. The number of anilines is 1. The van der Waals surface area contributed by atoms with Crippen LogP contribution in [0.1, 0.15) is 0 Å². The molecule has 0 heterocycles. The van der Waals surface area contributed by atoms with Crippen molar-refractivity contribution in [1.82, 2.24) is 9.62 Å². The van der Waals surface area contributed by atoms with Crippen molar-refractivity contribution in [2.45, 2.75) is 4.90 Å². The molecule has 0 saturated carbocycles. The van der Waals surface area contributed by atoms with E-state index in [2.05, 4.69) is 4.72 Å². The molecule has 1 aromatic carbocycles. The number of sulfonamides is 1. The van der Waals surface area contributed by atoms with Gasteiger partial charge in [0.2, 0.25) is 10.0 Å². The van der Waals surface area contributed by atoms with Gasteiger partial charge in [-0.1, -0.05) is 12.1 Å². The van der Waals surface area contributed by atoms with Crippen molar-refractivity contribution in [3.05, 3.63) is 24.3 Å². The average molecular weight is 303 g/mol. The van der Waals surface area contributed by atoms with Gasteiger partial charge in [-0.3, -0.25) is 0 Å². The summed E-state index contributed by atoms with van der Waals surface area (Å²) in [6.45, 7) is 1.13. The number of nitrogens with one attached hydrogen (secondary N) is 1. The smallest absolute Gasteiger partial charge is 0.212 e. The summed E-state index contributed by atoms with van der Waals surface area (Å²) in [5.74, 6) is 0.588. The second-order valence-corrected chi connectivity index (χ2v) is 7.47. The van der Waals surface area contributed by atoms with E-state index in [-0.39, 0.29) is 5.75 Å². The molecule has 0 fully saturated rings. The third kappa shape index (κ3) is 6.81. The van der Waals surface area contributed by atoms with Gasteiger partial charge >= 0.3 is 0 Å². The van der Waals surface area contributed by atoms with Gasteiger partial charge in [0.1, 0.15) is 0 Å². The van der Waals surface area contributed by atoms with Gasteiger partial charge in [-0.05, 0) is 26.2 Å². The lowest BCUT2D eigenvalue weighted by atomic mass is 10.3. The van der Waals surface area contributed by atoms with E-state index in [0.29, 0.717) is 24.5 Å². The lowest BCUT2D eigenvalue weighted by Crippen LogP contribution is -2.33. The third-order valence-corrected chi connectivity index (χ3v) is 5.14. The summed E-state index contributed by atoms with van der Waals surface area (Å²) in [5, 5.41) is 0. The Morgan fingerprint density at radius 1 is 1.32 bits per heavy atom. The monoisotopic (exact) mass is 303 g/mol. The number of likely N-dealkylation sites (N-methyl/N-ethyl adjacent to an activating group) is 1. The SMILES string of the molecule is CN(C)CCNS(=O)(=O)CCSc1ccccc1N. The number of thioether (sulfide) groups is 1. The summed E-state index contributed by atoms with van der Waals surface area (Å²) in [5.41, 5.74) is 6.48. The number of hydrogen-bond acceptors (Lipinski definition) is 5. The van der Waals surface area contributed by atoms with Crippen LogP contribution in [0.25, 0.3) is 0 Å². The number of nitrogens with zero attached hydrogens (tertiary/aromatic N) is 1. The second kappa shape index (κ2) is 7.74. The predicted molar refractivity (Wildman–Crippen MR) is 81.9 cm³/mol. The van der Waals surface area contributed by atoms with E-state index in [9.17, 15) is 8.42 Å². The van der Waals surface area contributed by atoms with Crippen molar-refractivity contribution in [3.63, 3.8) is 0 Å². The number of hydrogen-bond donors (Lipinski definition) is 2. The molecule has 1 rings (SSSR count). The standard InChI is InChI=1S/C12H21N3O2S2/c1-15(2)8-7-14-19(16,17)10-9-18-12-6-4-3-5-11(12)13/h3-6,14H,7-10,13H2,1-2H3. The quantitative estimate of drug-likeness (QED) is 0.550. The van der Waals surface area contributed by atoms with Gasteiger partial charge in [-0.15, -0.1) is 11.8 Å². The molecule has 108 valence electrons. The van der Waals surface area contributed by atoms with Crippen molar-refractivity contribution < 1.29 is 8.42 Å². The first-order valence-corrected chi connectivity index (χ1v) is 8.64. The Hall–Kier alpha value is -0.760. The van der Waals surface area contributed by atoms with E-state index in [1.54, 1.807) is 0 Å². The first-order chi connectivity index (χ1) is 8.91. The molecular weight excluding hydrogens is 282 g/mol. The lowest BCUT2D eigenvalue weighted by molar-refractivity contribution is 0.412. The van der Waals surface area contributed by atoms with E-state index in [1.807, 2.05) is 43.3 Å². The molecule has 0 saturated heterocycles. The maximum atomic E-state index is 11.7. The van der Waals surface area contributed by atoms with E-state index >= 15 is 0 Å². The van der Waals surface area contributed by atoms with Crippen LogP contribution < -0.4 is 10.5 Å². The number of nitrogen functional groups attached to an aromatic ring is 1. The summed E-state index contributed by atoms with van der Waals surface area (Å²) in [6.07, 6.45) is 0. The van der Waals surface area contributed by atoms with Crippen LogP contribution >= 0.6 is 11.8 Å². The Balaban J connectivity index is 2.34. The first-order valence-electron chi connectivity index (χ1n) is 6.00. The van der Waals surface area contributed by atoms with Crippen molar-refractivity contribution in [1.29, 1.82) is 0 Å². The van der Waals surface area contributed by atoms with Crippen molar-refractivity contribution >= 4 is 27.5 Å². The highest BCUT2D eigenvalue weighted by Crippen LogP contribution is 2.24. The molecule has 0 aromatic heterocycles. The minimum Gasteiger partial charge on any atom is -0.398 e. The predicted octanol–water partition coefficient (Wildman–Crippen LogP) is 0.842. The van der Waals surface area contributed by atoms with Gasteiger partial charge < -0.3 is 10.6 Å². The third-order valence-electron chi connectivity index (χ3n) is 2.41. The summed E-state index contributed by atoms with van der Waals surface area (Å²) in [6, 6.07) is 7.46. The van der Waals surface area contributed by atoms with Crippen LogP contribution in [-0.2, 0) is 10.0 Å². The van der Waals surface area contributed by atoms with Gasteiger partial charge in [0.05, 0.1) is 5.75 Å². The van der Waals surface area contributed by atoms with Crippen LogP contribution in [0.4, 0.5) is 5.69 Å². The average Bonchev–Trinajstić information content (AvgIpc) is 2.30. The summed E-state index contributed by atoms with van der Waals surface area (Å²) >= 11 is 1.46. The summed E-state index contributed by atoms with van der Waals surface area (Å²) < 4.78 is 26.0. The number of nitrogens with two attached hydrogens (primary N) is 1. The molecule has 0 amide bonds. The van der Waals surface area contributed by atoms with Crippen LogP contribution in [0.2, 0.25) is 0 Å². The lowest BCUT2D eigenvalue weighted by Gasteiger charge is -2.11. The molecule has 0 unspecified atom stereocenters. The fourth-order valence-electron chi connectivity index (χ4n) is 1.37. The fourth-order valence-corrected chi connectivity index (χ4v) is 3.76. The molecule has 0 aliphatic rings. The first kappa shape index (κ1) is 16.3. The van der Waals surface area contributed by atoms with E-state index in [0.717, 1.165) is 4.90 Å². The van der Waals surface area contributed by atoms with Gasteiger partial charge in [-0.25, -0.2) is 13.1 Å². The molecule has 0 aliphatic carbocycles. The van der Waals surface area contributed by atoms with Crippen LogP contribution in [0.5, 0.6) is 0 Å². The van der Waals surface area contributed by atoms with Gasteiger partial charge in [-0.2, -0.15) is 0 Å². The maximum absolute atomic E-state index is 11.7.